The number of amides is 1. The third-order valence-electron chi connectivity index (χ3n) is 4.77. The lowest BCUT2D eigenvalue weighted by Crippen LogP contribution is -2.34. The van der Waals surface area contributed by atoms with Crippen LogP contribution in [0, 0.1) is 5.82 Å². The number of halogens is 1. The molecule has 0 saturated heterocycles. The molecule has 2 aromatic carbocycles. The summed E-state index contributed by atoms with van der Waals surface area (Å²) in [4.78, 5) is 19.7. The molecule has 0 bridgehead atoms. The highest BCUT2D eigenvalue weighted by molar-refractivity contribution is 7.22. The molecule has 0 spiro atoms. The van der Waals surface area contributed by atoms with Gasteiger partial charge in [0, 0.05) is 24.5 Å². The fourth-order valence-corrected chi connectivity index (χ4v) is 4.14. The molecule has 6 nitrogen and oxygen atoms in total. The molecular weight excluding hydrogens is 415 g/mol. The molecule has 2 aromatic heterocycles. The summed E-state index contributed by atoms with van der Waals surface area (Å²) in [6, 6.07) is 13.5. The van der Waals surface area contributed by atoms with Crippen LogP contribution in [0.2, 0.25) is 0 Å². The average molecular weight is 439 g/mol. The predicted molar refractivity (Wildman–Crippen MR) is 120 cm³/mol. The molecule has 0 unspecified atom stereocenters. The molecular formula is C23H23FN4O2S. The SMILES string of the molecule is CCCCOc1cccc(C(=O)N(CCn2cccn2)c2nc3ccc(F)cc3s2)c1. The summed E-state index contributed by atoms with van der Waals surface area (Å²) in [6.07, 6.45) is 5.54. The van der Waals surface area contributed by atoms with E-state index in [2.05, 4.69) is 17.0 Å². The van der Waals surface area contributed by atoms with E-state index < -0.39 is 0 Å². The second-order valence-corrected chi connectivity index (χ2v) is 8.07. The van der Waals surface area contributed by atoms with Gasteiger partial charge in [0.1, 0.15) is 11.6 Å². The minimum atomic E-state index is -0.325. The molecule has 1 amide bonds. The highest BCUT2D eigenvalue weighted by Gasteiger charge is 2.22. The van der Waals surface area contributed by atoms with Crippen molar-refractivity contribution in [1.29, 1.82) is 0 Å². The van der Waals surface area contributed by atoms with Gasteiger partial charge in [0.2, 0.25) is 0 Å². The summed E-state index contributed by atoms with van der Waals surface area (Å²) in [5, 5.41) is 4.74. The smallest absolute Gasteiger partial charge is 0.260 e. The molecule has 0 fully saturated rings. The second kappa shape index (κ2) is 9.70. The van der Waals surface area contributed by atoms with Crippen molar-refractivity contribution < 1.29 is 13.9 Å². The molecule has 0 aliphatic rings. The van der Waals surface area contributed by atoms with E-state index in [1.807, 2.05) is 24.4 Å². The Morgan fingerprint density at radius 2 is 2.13 bits per heavy atom. The first-order valence-electron chi connectivity index (χ1n) is 10.2. The number of hydrogen-bond acceptors (Lipinski definition) is 5. The average Bonchev–Trinajstić information content (AvgIpc) is 3.44. The minimum absolute atomic E-state index is 0.187. The van der Waals surface area contributed by atoms with Crippen LogP contribution in [0.4, 0.5) is 9.52 Å². The fourth-order valence-electron chi connectivity index (χ4n) is 3.13. The third-order valence-corrected chi connectivity index (χ3v) is 5.82. The van der Waals surface area contributed by atoms with Gasteiger partial charge in [0.05, 0.1) is 23.4 Å². The maximum absolute atomic E-state index is 13.6. The van der Waals surface area contributed by atoms with Gasteiger partial charge < -0.3 is 4.74 Å². The van der Waals surface area contributed by atoms with Gasteiger partial charge in [-0.25, -0.2) is 9.37 Å². The molecule has 2 heterocycles. The lowest BCUT2D eigenvalue weighted by atomic mass is 10.2. The summed E-state index contributed by atoms with van der Waals surface area (Å²) in [7, 11) is 0. The molecule has 0 radical (unpaired) electrons. The number of hydrogen-bond donors (Lipinski definition) is 0. The predicted octanol–water partition coefficient (Wildman–Crippen LogP) is 5.16. The van der Waals surface area contributed by atoms with Gasteiger partial charge in [-0.15, -0.1) is 0 Å². The zero-order valence-corrected chi connectivity index (χ0v) is 18.0. The van der Waals surface area contributed by atoms with Gasteiger partial charge in [-0.3, -0.25) is 14.4 Å². The summed E-state index contributed by atoms with van der Waals surface area (Å²) in [5.74, 6) is 0.152. The number of unbranched alkanes of at least 4 members (excludes halogenated alkanes) is 1. The third kappa shape index (κ3) is 5.08. The highest BCUT2D eigenvalue weighted by Crippen LogP contribution is 2.30. The summed E-state index contributed by atoms with van der Waals surface area (Å²) < 4.78 is 21.9. The Morgan fingerprint density at radius 1 is 1.23 bits per heavy atom. The van der Waals surface area contributed by atoms with Crippen LogP contribution >= 0.6 is 11.3 Å². The van der Waals surface area contributed by atoms with Crippen molar-refractivity contribution in [3.05, 3.63) is 72.3 Å². The molecule has 160 valence electrons. The maximum Gasteiger partial charge on any atom is 0.260 e. The molecule has 0 aliphatic heterocycles. The number of fused-ring (bicyclic) bond motifs is 1. The zero-order chi connectivity index (χ0) is 21.6. The Balaban J connectivity index is 1.62. The Labute approximate surface area is 183 Å². The van der Waals surface area contributed by atoms with E-state index in [1.54, 1.807) is 34.0 Å². The van der Waals surface area contributed by atoms with Crippen LogP contribution in [-0.2, 0) is 6.54 Å². The van der Waals surface area contributed by atoms with Crippen LogP contribution in [0.1, 0.15) is 30.1 Å². The second-order valence-electron chi connectivity index (χ2n) is 7.06. The lowest BCUT2D eigenvalue weighted by molar-refractivity contribution is 0.0985. The number of anilines is 1. The number of aromatic nitrogens is 3. The van der Waals surface area contributed by atoms with Crippen LogP contribution in [0.15, 0.2) is 60.9 Å². The van der Waals surface area contributed by atoms with Gasteiger partial charge in [0.15, 0.2) is 5.13 Å². The molecule has 4 aromatic rings. The highest BCUT2D eigenvalue weighted by atomic mass is 32.1. The quantitative estimate of drug-likeness (QED) is 0.339. The van der Waals surface area contributed by atoms with E-state index in [1.165, 1.54) is 23.5 Å². The maximum atomic E-state index is 13.6. The largest absolute Gasteiger partial charge is 0.494 e. The molecule has 0 N–H and O–H groups in total. The number of carbonyl (C=O) groups is 1. The number of benzene rings is 2. The van der Waals surface area contributed by atoms with E-state index in [-0.39, 0.29) is 11.7 Å². The summed E-state index contributed by atoms with van der Waals surface area (Å²) in [6.45, 7) is 3.60. The fraction of sp³-hybridized carbons (Fsp3) is 0.261. The molecule has 0 aliphatic carbocycles. The minimum Gasteiger partial charge on any atom is -0.494 e. The number of thiazole rings is 1. The monoisotopic (exact) mass is 438 g/mol. The van der Waals surface area contributed by atoms with E-state index in [0.29, 0.717) is 46.4 Å². The number of rotatable bonds is 9. The van der Waals surface area contributed by atoms with Crippen molar-refractivity contribution in [1.82, 2.24) is 14.8 Å². The van der Waals surface area contributed by atoms with Crippen LogP contribution in [0.3, 0.4) is 0 Å². The number of carbonyl (C=O) groups excluding carboxylic acids is 1. The van der Waals surface area contributed by atoms with Gasteiger partial charge in [-0.1, -0.05) is 30.7 Å². The van der Waals surface area contributed by atoms with Gasteiger partial charge in [-0.2, -0.15) is 5.10 Å². The van der Waals surface area contributed by atoms with E-state index in [9.17, 15) is 9.18 Å². The number of ether oxygens (including phenoxy) is 1. The van der Waals surface area contributed by atoms with Gasteiger partial charge >= 0.3 is 0 Å². The van der Waals surface area contributed by atoms with Crippen LogP contribution in [0.25, 0.3) is 10.2 Å². The zero-order valence-electron chi connectivity index (χ0n) is 17.2. The molecule has 0 saturated carbocycles. The van der Waals surface area contributed by atoms with Gasteiger partial charge in [0.25, 0.3) is 5.91 Å². The lowest BCUT2D eigenvalue weighted by Gasteiger charge is -2.20. The number of nitrogens with zero attached hydrogens (tertiary/aromatic N) is 4. The topological polar surface area (TPSA) is 60.2 Å². The van der Waals surface area contributed by atoms with Crippen LogP contribution < -0.4 is 9.64 Å². The van der Waals surface area contributed by atoms with Crippen molar-refractivity contribution in [2.24, 2.45) is 0 Å². The molecule has 8 heteroatoms. The van der Waals surface area contributed by atoms with E-state index in [4.69, 9.17) is 4.74 Å². The summed E-state index contributed by atoms with van der Waals surface area (Å²) >= 11 is 1.29. The van der Waals surface area contributed by atoms with E-state index >= 15 is 0 Å². The first kappa shape index (κ1) is 21.0. The van der Waals surface area contributed by atoms with Crippen LogP contribution in [-0.4, -0.2) is 33.8 Å². The van der Waals surface area contributed by atoms with Crippen molar-refractivity contribution in [3.63, 3.8) is 0 Å². The summed E-state index contributed by atoms with van der Waals surface area (Å²) in [5.41, 5.74) is 1.18. The van der Waals surface area contributed by atoms with Crippen molar-refractivity contribution in [3.8, 4) is 5.75 Å². The first-order chi connectivity index (χ1) is 15.1. The standard InChI is InChI=1S/C23H23FN4O2S/c1-2-3-14-30-19-7-4-6-17(15-19)22(29)28(13-12-27-11-5-10-25-27)23-26-20-9-8-18(24)16-21(20)31-23/h4-11,15-16H,2-3,12-14H2,1H3. The normalized spacial score (nSPS) is 11.0. The van der Waals surface area contributed by atoms with Crippen molar-refractivity contribution in [2.75, 3.05) is 18.1 Å². The Hall–Kier alpha value is -3.26. The van der Waals surface area contributed by atoms with Crippen molar-refractivity contribution in [2.45, 2.75) is 26.3 Å². The van der Waals surface area contributed by atoms with Crippen LogP contribution in [0.5, 0.6) is 5.75 Å². The Morgan fingerprint density at radius 3 is 2.94 bits per heavy atom. The van der Waals surface area contributed by atoms with E-state index in [0.717, 1.165) is 12.8 Å². The molecule has 31 heavy (non-hydrogen) atoms. The Kier molecular flexibility index (Phi) is 6.57. The van der Waals surface area contributed by atoms with Crippen molar-refractivity contribution >= 4 is 32.6 Å². The Bertz CT molecular complexity index is 1160. The first-order valence-corrected chi connectivity index (χ1v) is 11.0. The molecule has 4 rings (SSSR count). The van der Waals surface area contributed by atoms with Gasteiger partial charge in [-0.05, 0) is 48.9 Å². The molecule has 0 atom stereocenters.